The Morgan fingerprint density at radius 1 is 1.10 bits per heavy atom. The second-order valence-corrected chi connectivity index (χ2v) is 8.61. The van der Waals surface area contributed by atoms with Crippen molar-refractivity contribution in [2.75, 3.05) is 18.2 Å². The van der Waals surface area contributed by atoms with Crippen molar-refractivity contribution in [3.8, 4) is 5.75 Å². The number of aromatic nitrogens is 1. The van der Waals surface area contributed by atoms with Gasteiger partial charge in [-0.2, -0.15) is 0 Å². The number of para-hydroxylation sites is 1. The highest BCUT2D eigenvalue weighted by Crippen LogP contribution is 2.24. The lowest BCUT2D eigenvalue weighted by atomic mass is 10.1. The fourth-order valence-electron chi connectivity index (χ4n) is 2.99. The van der Waals surface area contributed by atoms with Gasteiger partial charge in [-0.15, -0.1) is 0 Å². The van der Waals surface area contributed by atoms with Crippen LogP contribution in [0.2, 0.25) is 0 Å². The molecule has 0 atom stereocenters. The number of carbonyl (C=O) groups excluding carboxylic acids is 2. The summed E-state index contributed by atoms with van der Waals surface area (Å²) < 4.78 is 30.4. The van der Waals surface area contributed by atoms with E-state index >= 15 is 0 Å². The molecule has 150 valence electrons. The number of carbonyl (C=O) groups is 2. The Hall–Kier alpha value is -3.26. The molecule has 0 saturated heterocycles. The number of methoxy groups -OCH3 is 1. The van der Waals surface area contributed by atoms with E-state index in [1.807, 2.05) is 12.1 Å². The molecule has 8 heteroatoms. The molecule has 0 fully saturated rings. The van der Waals surface area contributed by atoms with Gasteiger partial charge >= 0.3 is 0 Å². The lowest BCUT2D eigenvalue weighted by Crippen LogP contribution is -2.24. The quantitative estimate of drug-likeness (QED) is 0.599. The maximum atomic E-state index is 12.6. The molecule has 1 aromatic heterocycles. The normalized spacial score (nSPS) is 11.2. The van der Waals surface area contributed by atoms with Crippen molar-refractivity contribution in [3.63, 3.8) is 0 Å². The lowest BCUT2D eigenvalue weighted by Gasteiger charge is -2.11. The van der Waals surface area contributed by atoms with E-state index in [0.717, 1.165) is 5.39 Å². The van der Waals surface area contributed by atoms with E-state index < -0.39 is 27.3 Å². The third-order valence-corrected chi connectivity index (χ3v) is 5.77. The van der Waals surface area contributed by atoms with Gasteiger partial charge in [0.2, 0.25) is 5.91 Å². The average Bonchev–Trinajstić information content (AvgIpc) is 2.67. The Balaban J connectivity index is 1.78. The first-order valence-corrected chi connectivity index (χ1v) is 10.6. The van der Waals surface area contributed by atoms with Gasteiger partial charge in [-0.05, 0) is 37.3 Å². The molecular formula is C21H20N2O5S. The van der Waals surface area contributed by atoms with Gasteiger partial charge in [-0.3, -0.25) is 14.6 Å². The number of amides is 1. The Bertz CT molecular complexity index is 1180. The van der Waals surface area contributed by atoms with Crippen LogP contribution in [0.3, 0.4) is 0 Å². The zero-order chi connectivity index (χ0) is 21.0. The van der Waals surface area contributed by atoms with Crippen LogP contribution in [-0.4, -0.2) is 38.0 Å². The number of hydrogen-bond donors (Lipinski definition) is 1. The summed E-state index contributed by atoms with van der Waals surface area (Å²) in [4.78, 5) is 28.2. The number of nitrogens with one attached hydrogen (secondary N) is 1. The number of ether oxygens (including phenoxy) is 1. The topological polar surface area (TPSA) is 102 Å². The van der Waals surface area contributed by atoms with E-state index in [1.165, 1.54) is 20.1 Å². The van der Waals surface area contributed by atoms with Crippen LogP contribution < -0.4 is 10.1 Å². The highest BCUT2D eigenvalue weighted by Gasteiger charge is 2.21. The summed E-state index contributed by atoms with van der Waals surface area (Å²) in [6.45, 7) is 1.39. The molecule has 0 saturated carbocycles. The van der Waals surface area contributed by atoms with Gasteiger partial charge in [0.25, 0.3) is 0 Å². The number of nitrogens with zero attached hydrogens (tertiary/aromatic N) is 1. The van der Waals surface area contributed by atoms with Gasteiger partial charge in [-0.1, -0.05) is 18.2 Å². The molecule has 1 heterocycles. The molecule has 0 aliphatic heterocycles. The van der Waals surface area contributed by atoms with E-state index in [2.05, 4.69) is 10.3 Å². The van der Waals surface area contributed by atoms with E-state index in [-0.39, 0.29) is 5.78 Å². The number of pyridine rings is 1. The second-order valence-electron chi connectivity index (χ2n) is 6.54. The zero-order valence-corrected chi connectivity index (χ0v) is 16.8. The van der Waals surface area contributed by atoms with Crippen molar-refractivity contribution in [1.82, 2.24) is 4.98 Å². The number of rotatable bonds is 7. The second kappa shape index (κ2) is 8.40. The van der Waals surface area contributed by atoms with E-state index in [0.29, 0.717) is 28.1 Å². The summed E-state index contributed by atoms with van der Waals surface area (Å²) in [7, 11) is -2.39. The molecule has 2 aromatic carbocycles. The summed E-state index contributed by atoms with van der Waals surface area (Å²) in [6.07, 6.45) is 1.60. The first-order valence-electron chi connectivity index (χ1n) is 8.81. The minimum absolute atomic E-state index is 0.188. The first kappa shape index (κ1) is 20.5. The number of ketones is 1. The van der Waals surface area contributed by atoms with Crippen molar-refractivity contribution in [2.24, 2.45) is 0 Å². The van der Waals surface area contributed by atoms with Gasteiger partial charge in [0, 0.05) is 22.7 Å². The largest absolute Gasteiger partial charge is 0.496 e. The Morgan fingerprint density at radius 3 is 2.59 bits per heavy atom. The fraction of sp³-hybridized carbons (Fsp3) is 0.190. The maximum absolute atomic E-state index is 12.6. The van der Waals surface area contributed by atoms with Crippen LogP contribution in [0.1, 0.15) is 22.8 Å². The summed E-state index contributed by atoms with van der Waals surface area (Å²) >= 11 is 0. The molecule has 0 aliphatic carbocycles. The van der Waals surface area contributed by atoms with Gasteiger partial charge in [0.15, 0.2) is 15.6 Å². The molecule has 0 spiro atoms. The molecule has 0 aliphatic rings. The maximum Gasteiger partial charge on any atom is 0.239 e. The monoisotopic (exact) mass is 412 g/mol. The van der Waals surface area contributed by atoms with E-state index in [9.17, 15) is 18.0 Å². The van der Waals surface area contributed by atoms with Crippen LogP contribution in [0.5, 0.6) is 5.75 Å². The van der Waals surface area contributed by atoms with Crippen molar-refractivity contribution < 1.29 is 22.7 Å². The molecule has 1 N–H and O–H groups in total. The summed E-state index contributed by atoms with van der Waals surface area (Å²) in [6, 6.07) is 13.5. The predicted molar refractivity (Wildman–Crippen MR) is 111 cm³/mol. The predicted octanol–water partition coefficient (Wildman–Crippen LogP) is 3.00. The number of anilines is 1. The third-order valence-electron chi connectivity index (χ3n) is 4.32. The standard InChI is InChI=1S/C21H20N2O5S/c1-14(24)16-8-9-19(28-2)17(11-16)12-29(26,27)13-20(25)23-18-7-3-5-15-6-4-10-22-21(15)18/h3-11H,12-13H2,1-2H3,(H,23,25). The molecule has 3 rings (SSSR count). The van der Waals surface area contributed by atoms with Gasteiger partial charge in [0.05, 0.1) is 24.1 Å². The summed E-state index contributed by atoms with van der Waals surface area (Å²) in [5, 5.41) is 3.45. The smallest absolute Gasteiger partial charge is 0.239 e. The molecule has 7 nitrogen and oxygen atoms in total. The summed E-state index contributed by atoms with van der Waals surface area (Å²) in [5.74, 6) is -1.63. The van der Waals surface area contributed by atoms with Crippen LogP contribution in [-0.2, 0) is 20.4 Å². The molecule has 0 unspecified atom stereocenters. The van der Waals surface area contributed by atoms with Crippen LogP contribution in [0, 0.1) is 0 Å². The Labute approximate surface area is 168 Å². The number of hydrogen-bond acceptors (Lipinski definition) is 6. The molecule has 29 heavy (non-hydrogen) atoms. The van der Waals surface area contributed by atoms with E-state index in [1.54, 1.807) is 36.5 Å². The van der Waals surface area contributed by atoms with Crippen LogP contribution in [0.15, 0.2) is 54.7 Å². The van der Waals surface area contributed by atoms with Crippen LogP contribution in [0.25, 0.3) is 10.9 Å². The van der Waals surface area contributed by atoms with Gasteiger partial charge in [-0.25, -0.2) is 8.42 Å². The highest BCUT2D eigenvalue weighted by molar-refractivity contribution is 7.91. The minimum atomic E-state index is -3.81. The number of Topliss-reactive ketones (excluding diaryl/α,β-unsaturated/α-hetero) is 1. The lowest BCUT2D eigenvalue weighted by molar-refractivity contribution is -0.113. The highest BCUT2D eigenvalue weighted by atomic mass is 32.2. The average molecular weight is 412 g/mol. The van der Waals surface area contributed by atoms with Gasteiger partial charge < -0.3 is 10.1 Å². The van der Waals surface area contributed by atoms with Crippen molar-refractivity contribution in [3.05, 3.63) is 65.9 Å². The molecule has 1 amide bonds. The molecular weight excluding hydrogens is 392 g/mol. The van der Waals surface area contributed by atoms with Gasteiger partial charge in [0.1, 0.15) is 11.5 Å². The molecule has 3 aromatic rings. The zero-order valence-electron chi connectivity index (χ0n) is 16.0. The van der Waals surface area contributed by atoms with Crippen LogP contribution in [0.4, 0.5) is 5.69 Å². The Kier molecular flexibility index (Phi) is 5.93. The first-order chi connectivity index (χ1) is 13.8. The van der Waals surface area contributed by atoms with Crippen molar-refractivity contribution in [2.45, 2.75) is 12.7 Å². The Morgan fingerprint density at radius 2 is 1.86 bits per heavy atom. The summed E-state index contributed by atoms with van der Waals surface area (Å²) in [5.41, 5.74) is 1.73. The van der Waals surface area contributed by atoms with E-state index in [4.69, 9.17) is 4.74 Å². The SMILES string of the molecule is COc1ccc(C(C)=O)cc1CS(=O)(=O)CC(=O)Nc1cccc2cccnc12. The molecule has 0 radical (unpaired) electrons. The number of sulfone groups is 1. The minimum Gasteiger partial charge on any atom is -0.496 e. The fourth-order valence-corrected chi connectivity index (χ4v) is 4.26. The molecule has 0 bridgehead atoms. The van der Waals surface area contributed by atoms with Crippen molar-refractivity contribution in [1.29, 1.82) is 0 Å². The number of benzene rings is 2. The number of fused-ring (bicyclic) bond motifs is 1. The third kappa shape index (κ3) is 4.97. The van der Waals surface area contributed by atoms with Crippen molar-refractivity contribution >= 4 is 38.1 Å². The van der Waals surface area contributed by atoms with Crippen LogP contribution >= 0.6 is 0 Å².